The van der Waals surface area contributed by atoms with Crippen molar-refractivity contribution in [1.29, 1.82) is 0 Å². The summed E-state index contributed by atoms with van der Waals surface area (Å²) in [6.45, 7) is 6.79. The second-order valence-electron chi connectivity index (χ2n) is 5.53. The van der Waals surface area contributed by atoms with Crippen molar-refractivity contribution in [2.75, 3.05) is 0 Å². The quantitative estimate of drug-likeness (QED) is 0.489. The first-order valence-electron chi connectivity index (χ1n) is 6.34. The van der Waals surface area contributed by atoms with Crippen LogP contribution in [0.5, 0.6) is 0 Å². The second kappa shape index (κ2) is 5.77. The van der Waals surface area contributed by atoms with Crippen molar-refractivity contribution in [3.63, 3.8) is 0 Å². The minimum Gasteiger partial charge on any atom is -0.127 e. The zero-order valence-electron chi connectivity index (χ0n) is 11.5. The summed E-state index contributed by atoms with van der Waals surface area (Å²) in [7, 11) is -1.35. The number of rotatable bonds is 1. The Morgan fingerprint density at radius 3 is 2.05 bits per heavy atom. The number of halogens is 1. The monoisotopic (exact) mass is 328 g/mol. The highest BCUT2D eigenvalue weighted by atomic mass is 79.9. The lowest BCUT2D eigenvalue weighted by Crippen LogP contribution is -2.16. The van der Waals surface area contributed by atoms with Crippen molar-refractivity contribution in [2.45, 2.75) is 19.6 Å². The lowest BCUT2D eigenvalue weighted by atomic mass is 10.0. The summed E-state index contributed by atoms with van der Waals surface area (Å²) in [4.78, 5) is 0. The van der Waals surface area contributed by atoms with E-state index < -0.39 is 8.07 Å². The molecule has 2 rings (SSSR count). The minimum atomic E-state index is -1.35. The van der Waals surface area contributed by atoms with Gasteiger partial charge < -0.3 is 0 Å². The van der Waals surface area contributed by atoms with Crippen molar-refractivity contribution in [3.8, 4) is 22.6 Å². The Balaban J connectivity index is 2.54. The Labute approximate surface area is 125 Å². The van der Waals surface area contributed by atoms with Gasteiger partial charge in [0.25, 0.3) is 0 Å². The normalized spacial score (nSPS) is 10.7. The molecule has 0 atom stereocenters. The highest BCUT2D eigenvalue weighted by Crippen LogP contribution is 2.30. The number of benzene rings is 2. The second-order valence-corrected chi connectivity index (χ2v) is 11.1. The van der Waals surface area contributed by atoms with E-state index >= 15 is 0 Å². The molecule has 0 spiro atoms. The Bertz CT molecular complexity index is 642. The Hall–Kier alpha value is -1.30. The molecule has 0 aromatic heterocycles. The molecule has 19 heavy (non-hydrogen) atoms. The Kier molecular flexibility index (Phi) is 4.29. The summed E-state index contributed by atoms with van der Waals surface area (Å²) in [6, 6.07) is 16.6. The van der Waals surface area contributed by atoms with Crippen LogP contribution in [0.2, 0.25) is 19.6 Å². The van der Waals surface area contributed by atoms with Gasteiger partial charge in [0.05, 0.1) is 0 Å². The molecule has 0 fully saturated rings. The average Bonchev–Trinajstić information content (AvgIpc) is 2.37. The summed E-state index contributed by atoms with van der Waals surface area (Å²) < 4.78 is 1.11. The molecule has 2 heteroatoms. The van der Waals surface area contributed by atoms with Gasteiger partial charge in [-0.1, -0.05) is 77.9 Å². The van der Waals surface area contributed by atoms with E-state index in [-0.39, 0.29) is 0 Å². The first-order valence-corrected chi connectivity index (χ1v) is 10.6. The lowest BCUT2D eigenvalue weighted by molar-refractivity contribution is 1.56. The molecule has 0 radical (unpaired) electrons. The van der Waals surface area contributed by atoms with Crippen molar-refractivity contribution in [3.05, 3.63) is 58.6 Å². The third-order valence-electron chi connectivity index (χ3n) is 2.66. The smallest absolute Gasteiger partial charge is 0.127 e. The van der Waals surface area contributed by atoms with Crippen LogP contribution in [-0.2, 0) is 0 Å². The molecule has 2 aromatic carbocycles. The fraction of sp³-hybridized carbons (Fsp3) is 0.176. The fourth-order valence-electron chi connectivity index (χ4n) is 1.76. The molecule has 0 aliphatic carbocycles. The SMILES string of the molecule is C[Si](C)(C)C#Cc1ccccc1-c1ccccc1Br. The van der Waals surface area contributed by atoms with E-state index in [2.05, 4.69) is 89.5 Å². The predicted octanol–water partition coefficient (Wildman–Crippen LogP) is 5.35. The zero-order valence-corrected chi connectivity index (χ0v) is 14.1. The molecule has 0 aliphatic heterocycles. The van der Waals surface area contributed by atoms with Crippen LogP contribution in [0.3, 0.4) is 0 Å². The molecule has 0 saturated carbocycles. The molecule has 0 bridgehead atoms. The molecule has 0 unspecified atom stereocenters. The van der Waals surface area contributed by atoms with Crippen LogP contribution in [0.1, 0.15) is 5.56 Å². The summed E-state index contributed by atoms with van der Waals surface area (Å²) >= 11 is 3.62. The first kappa shape index (κ1) is 14.1. The largest absolute Gasteiger partial charge is 0.129 e. The van der Waals surface area contributed by atoms with Gasteiger partial charge in [0.1, 0.15) is 8.07 Å². The van der Waals surface area contributed by atoms with Crippen LogP contribution in [0.25, 0.3) is 11.1 Å². The molecular formula is C17H17BrSi. The van der Waals surface area contributed by atoms with Crippen molar-refractivity contribution < 1.29 is 0 Å². The molecule has 0 nitrogen and oxygen atoms in total. The van der Waals surface area contributed by atoms with Crippen LogP contribution in [0.15, 0.2) is 53.0 Å². The predicted molar refractivity (Wildman–Crippen MR) is 89.8 cm³/mol. The molecule has 2 aromatic rings. The third kappa shape index (κ3) is 3.83. The molecule has 0 saturated heterocycles. The van der Waals surface area contributed by atoms with Crippen molar-refractivity contribution in [2.24, 2.45) is 0 Å². The average molecular weight is 329 g/mol. The highest BCUT2D eigenvalue weighted by Gasteiger charge is 2.09. The van der Waals surface area contributed by atoms with Crippen LogP contribution in [0, 0.1) is 11.5 Å². The van der Waals surface area contributed by atoms with E-state index in [1.165, 1.54) is 11.1 Å². The highest BCUT2D eigenvalue weighted by molar-refractivity contribution is 9.10. The van der Waals surface area contributed by atoms with Crippen molar-refractivity contribution >= 4 is 24.0 Å². The van der Waals surface area contributed by atoms with Crippen molar-refractivity contribution in [1.82, 2.24) is 0 Å². The summed E-state index contributed by atoms with van der Waals surface area (Å²) in [6.07, 6.45) is 0. The van der Waals surface area contributed by atoms with Gasteiger partial charge in [0.15, 0.2) is 0 Å². The zero-order chi connectivity index (χ0) is 13.9. The van der Waals surface area contributed by atoms with E-state index in [1.54, 1.807) is 0 Å². The maximum absolute atomic E-state index is 3.62. The van der Waals surface area contributed by atoms with Crippen LogP contribution in [-0.4, -0.2) is 8.07 Å². The Morgan fingerprint density at radius 1 is 0.842 bits per heavy atom. The van der Waals surface area contributed by atoms with E-state index in [9.17, 15) is 0 Å². The Morgan fingerprint density at radius 2 is 1.42 bits per heavy atom. The molecular weight excluding hydrogens is 312 g/mol. The van der Waals surface area contributed by atoms with Gasteiger partial charge >= 0.3 is 0 Å². The van der Waals surface area contributed by atoms with Gasteiger partial charge in [0.2, 0.25) is 0 Å². The van der Waals surface area contributed by atoms with Gasteiger partial charge in [-0.2, -0.15) is 0 Å². The maximum atomic E-state index is 3.62. The van der Waals surface area contributed by atoms with Gasteiger partial charge in [-0.15, -0.1) is 5.54 Å². The molecule has 0 amide bonds. The van der Waals surface area contributed by atoms with Gasteiger partial charge in [-0.05, 0) is 23.3 Å². The van der Waals surface area contributed by atoms with E-state index in [1.807, 2.05) is 6.07 Å². The van der Waals surface area contributed by atoms with Gasteiger partial charge in [-0.25, -0.2) is 0 Å². The third-order valence-corrected chi connectivity index (χ3v) is 4.23. The number of hydrogen-bond donors (Lipinski definition) is 0. The summed E-state index contributed by atoms with van der Waals surface area (Å²) in [5.41, 5.74) is 6.94. The van der Waals surface area contributed by atoms with Gasteiger partial charge in [-0.3, -0.25) is 0 Å². The van der Waals surface area contributed by atoms with Crippen LogP contribution < -0.4 is 0 Å². The summed E-state index contributed by atoms with van der Waals surface area (Å²) in [5.74, 6) is 3.37. The van der Waals surface area contributed by atoms with Crippen LogP contribution >= 0.6 is 15.9 Å². The topological polar surface area (TPSA) is 0 Å². The summed E-state index contributed by atoms with van der Waals surface area (Å²) in [5, 5.41) is 0. The molecule has 0 heterocycles. The molecule has 0 aliphatic rings. The van der Waals surface area contributed by atoms with Gasteiger partial charge in [0, 0.05) is 10.0 Å². The number of hydrogen-bond acceptors (Lipinski definition) is 0. The standard InChI is InChI=1S/C17H17BrSi/c1-19(2,3)13-12-14-8-4-5-9-15(14)16-10-6-7-11-17(16)18/h4-11H,1-3H3. The molecule has 96 valence electrons. The fourth-order valence-corrected chi connectivity index (χ4v) is 2.77. The van der Waals surface area contributed by atoms with E-state index in [0.29, 0.717) is 0 Å². The van der Waals surface area contributed by atoms with E-state index in [0.717, 1.165) is 10.0 Å². The first-order chi connectivity index (χ1) is 8.97. The van der Waals surface area contributed by atoms with E-state index in [4.69, 9.17) is 0 Å². The lowest BCUT2D eigenvalue weighted by Gasteiger charge is -2.08. The molecule has 0 N–H and O–H groups in total. The van der Waals surface area contributed by atoms with Crippen LogP contribution in [0.4, 0.5) is 0 Å². The minimum absolute atomic E-state index is 1.11. The maximum Gasteiger partial charge on any atom is 0.129 e.